The van der Waals surface area contributed by atoms with Crippen molar-refractivity contribution in [2.75, 3.05) is 0 Å². The second kappa shape index (κ2) is 7.57. The van der Waals surface area contributed by atoms with Crippen LogP contribution < -0.4 is 9.67 Å². The van der Waals surface area contributed by atoms with E-state index in [1.54, 1.807) is 12.4 Å². The van der Waals surface area contributed by atoms with E-state index in [1.807, 2.05) is 60.7 Å². The van der Waals surface area contributed by atoms with Crippen LogP contribution in [0.25, 0.3) is 0 Å². The molecule has 0 unspecified atom stereocenters. The molecule has 0 aliphatic carbocycles. The Hall–Kier alpha value is -2.64. The van der Waals surface area contributed by atoms with Crippen LogP contribution in [0.4, 0.5) is 0 Å². The van der Waals surface area contributed by atoms with E-state index in [2.05, 4.69) is 15.3 Å². The highest BCUT2D eigenvalue weighted by Gasteiger charge is 2.00. The molecule has 0 saturated heterocycles. The molecule has 0 bridgehead atoms. The Labute approximate surface area is 139 Å². The predicted molar refractivity (Wildman–Crippen MR) is 95.5 cm³/mol. The van der Waals surface area contributed by atoms with E-state index in [0.717, 1.165) is 21.5 Å². The van der Waals surface area contributed by atoms with Crippen LogP contribution >= 0.6 is 20.7 Å². The summed E-state index contributed by atoms with van der Waals surface area (Å²) in [4.78, 5) is 12.1. The van der Waals surface area contributed by atoms with Crippen molar-refractivity contribution in [2.24, 2.45) is 15.3 Å². The van der Waals surface area contributed by atoms with Crippen LogP contribution in [0.3, 0.4) is 0 Å². The summed E-state index contributed by atoms with van der Waals surface area (Å²) < 4.78 is 1.25. The van der Waals surface area contributed by atoms with Crippen LogP contribution in [0.2, 0.25) is 0 Å². The van der Waals surface area contributed by atoms with Crippen LogP contribution in [0.15, 0.2) is 80.8 Å². The molecule has 3 aromatic rings. The van der Waals surface area contributed by atoms with Crippen LogP contribution in [0.1, 0.15) is 11.1 Å². The number of hydrogen-bond donors (Lipinski definition) is 0. The molecule has 0 fully saturated rings. The summed E-state index contributed by atoms with van der Waals surface area (Å²) in [5, 5.41) is 12.3. The van der Waals surface area contributed by atoms with Gasteiger partial charge in [0.05, 0.1) is 12.4 Å². The third-order valence-electron chi connectivity index (χ3n) is 2.81. The maximum absolute atomic E-state index is 11.9. The summed E-state index contributed by atoms with van der Waals surface area (Å²) in [5.41, 5.74) is 1.85. The van der Waals surface area contributed by atoms with Gasteiger partial charge in [-0.05, 0) is 31.8 Å². The van der Waals surface area contributed by atoms with Crippen LogP contribution in [-0.2, 0) is 0 Å². The molecule has 114 valence electrons. The molecule has 23 heavy (non-hydrogen) atoms. The first-order valence-electron chi connectivity index (χ1n) is 6.76. The Balaban J connectivity index is 1.87. The number of hydrogen-bond acceptors (Lipinski definition) is 6. The van der Waals surface area contributed by atoms with Gasteiger partial charge in [-0.15, -0.1) is 5.10 Å². The molecule has 2 aromatic carbocycles. The Morgan fingerprint density at radius 1 is 0.826 bits per heavy atom. The van der Waals surface area contributed by atoms with Crippen LogP contribution in [0, 0.1) is 0 Å². The van der Waals surface area contributed by atoms with E-state index in [1.165, 1.54) is 15.0 Å². The highest BCUT2D eigenvalue weighted by atomic mass is 32.9. The molecular formula is C16H12N4OS2. The Morgan fingerprint density at radius 3 is 2.09 bits per heavy atom. The first kappa shape index (κ1) is 15.3. The lowest BCUT2D eigenvalue weighted by Gasteiger charge is -1.92. The first-order chi connectivity index (χ1) is 11.3. The lowest BCUT2D eigenvalue weighted by molar-refractivity contribution is 0.808. The number of rotatable bonds is 4. The molecular weight excluding hydrogens is 328 g/mol. The quantitative estimate of drug-likeness (QED) is 0.409. The minimum atomic E-state index is -0.184. The van der Waals surface area contributed by atoms with Crippen molar-refractivity contribution in [2.45, 2.75) is 0 Å². The molecule has 0 spiro atoms. The molecule has 1 aromatic heterocycles. The monoisotopic (exact) mass is 340 g/mol. The summed E-state index contributed by atoms with van der Waals surface area (Å²) in [5.74, 6) is 0. The zero-order valence-electron chi connectivity index (χ0n) is 11.9. The smallest absolute Gasteiger partial charge is 0.254 e. The summed E-state index contributed by atoms with van der Waals surface area (Å²) >= 11 is 0. The molecule has 3 rings (SSSR count). The Morgan fingerprint density at radius 2 is 1.43 bits per heavy atom. The second-order valence-electron chi connectivity index (χ2n) is 4.44. The van der Waals surface area contributed by atoms with Gasteiger partial charge in [0.15, 0.2) is 0 Å². The predicted octanol–water partition coefficient (Wildman–Crippen LogP) is 2.79. The van der Waals surface area contributed by atoms with Gasteiger partial charge in [-0.2, -0.15) is 14.9 Å². The van der Waals surface area contributed by atoms with Crippen molar-refractivity contribution in [3.63, 3.8) is 0 Å². The fourth-order valence-corrected chi connectivity index (χ4v) is 3.37. The zero-order chi connectivity index (χ0) is 15.9. The average molecular weight is 340 g/mol. The van der Waals surface area contributed by atoms with Gasteiger partial charge in [-0.1, -0.05) is 60.7 Å². The third-order valence-corrected chi connectivity index (χ3v) is 4.74. The van der Waals surface area contributed by atoms with Gasteiger partial charge in [0.2, 0.25) is 4.80 Å². The van der Waals surface area contributed by atoms with Crippen molar-refractivity contribution in [1.82, 2.24) is 4.68 Å². The Kier molecular flexibility index (Phi) is 5.02. The third kappa shape index (κ3) is 4.18. The van der Waals surface area contributed by atoms with E-state index in [9.17, 15) is 4.79 Å². The number of aromatic nitrogens is 1. The fraction of sp³-hybridized carbons (Fsp3) is 0. The minimum Gasteiger partial charge on any atom is -0.254 e. The van der Waals surface area contributed by atoms with E-state index < -0.39 is 0 Å². The van der Waals surface area contributed by atoms with Gasteiger partial charge in [-0.25, -0.2) is 0 Å². The van der Waals surface area contributed by atoms with Gasteiger partial charge < -0.3 is 0 Å². The van der Waals surface area contributed by atoms with E-state index in [4.69, 9.17) is 0 Å². The van der Waals surface area contributed by atoms with Crippen LogP contribution in [0.5, 0.6) is 0 Å². The molecule has 0 amide bonds. The number of benzene rings is 2. The number of nitrogens with zero attached hydrogens (tertiary/aromatic N) is 4. The van der Waals surface area contributed by atoms with Crippen LogP contribution in [-0.4, -0.2) is 17.1 Å². The molecule has 1 heterocycles. The van der Waals surface area contributed by atoms with Gasteiger partial charge in [-0.3, -0.25) is 4.79 Å². The topological polar surface area (TPSA) is 59.1 Å². The zero-order valence-corrected chi connectivity index (χ0v) is 13.6. The summed E-state index contributed by atoms with van der Waals surface area (Å²) in [6.45, 7) is 0. The van der Waals surface area contributed by atoms with Crippen molar-refractivity contribution < 1.29 is 0 Å². The summed E-state index contributed by atoms with van der Waals surface area (Å²) in [7, 11) is 2.32. The molecule has 5 nitrogen and oxygen atoms in total. The minimum absolute atomic E-state index is 0.184. The fourth-order valence-electron chi connectivity index (χ4n) is 1.72. The van der Waals surface area contributed by atoms with Crippen molar-refractivity contribution in [1.29, 1.82) is 0 Å². The van der Waals surface area contributed by atoms with Gasteiger partial charge in [0, 0.05) is 0 Å². The molecule has 0 N–H and O–H groups in total. The maximum Gasteiger partial charge on any atom is 0.340 e. The van der Waals surface area contributed by atoms with Gasteiger partial charge in [0.25, 0.3) is 0 Å². The summed E-state index contributed by atoms with van der Waals surface area (Å²) in [6.07, 6.45) is 3.26. The highest BCUT2D eigenvalue weighted by molar-refractivity contribution is 7.67. The second-order valence-corrected chi connectivity index (χ2v) is 6.49. The molecule has 7 heteroatoms. The van der Waals surface area contributed by atoms with Crippen molar-refractivity contribution in [3.8, 4) is 0 Å². The summed E-state index contributed by atoms with van der Waals surface area (Å²) in [6, 6.07) is 19.2. The van der Waals surface area contributed by atoms with Gasteiger partial charge in [0.1, 0.15) is 0 Å². The van der Waals surface area contributed by atoms with Gasteiger partial charge >= 0.3 is 4.87 Å². The van der Waals surface area contributed by atoms with Crippen molar-refractivity contribution >= 4 is 33.1 Å². The van der Waals surface area contributed by atoms with Crippen molar-refractivity contribution in [3.05, 3.63) is 86.3 Å². The van der Waals surface area contributed by atoms with E-state index >= 15 is 0 Å². The lowest BCUT2D eigenvalue weighted by atomic mass is 10.2. The Bertz CT molecular complexity index is 937. The lowest BCUT2D eigenvalue weighted by Crippen LogP contribution is -2.20. The molecule has 0 aliphatic rings. The standard InChI is InChI=1S/C16H12N4OS2/c21-16-20(18-12-14-9-5-2-6-10-14)15(22-23-16)19-17-11-13-7-3-1-4-8-13/h1-12H/b17-11+,18-12+,19-15-. The van der Waals surface area contributed by atoms with E-state index in [-0.39, 0.29) is 4.87 Å². The molecule has 0 radical (unpaired) electrons. The normalized spacial score (nSPS) is 12.4. The average Bonchev–Trinajstić information content (AvgIpc) is 2.95. The largest absolute Gasteiger partial charge is 0.340 e. The molecule has 0 atom stereocenters. The maximum atomic E-state index is 11.9. The first-order valence-corrected chi connectivity index (χ1v) is 8.91. The SMILES string of the molecule is O=c1ss/c(=N\N=C\c2ccccc2)n1/N=C/c1ccccc1. The highest BCUT2D eigenvalue weighted by Crippen LogP contribution is 1.97. The molecule has 0 saturated carbocycles. The molecule has 0 aliphatic heterocycles. The van der Waals surface area contributed by atoms with E-state index in [0.29, 0.717) is 4.80 Å².